The van der Waals surface area contributed by atoms with Crippen molar-refractivity contribution >= 4 is 5.91 Å². The molecule has 2 heterocycles. The number of carbonyl (C=O) groups excluding carboxylic acids is 1. The summed E-state index contributed by atoms with van der Waals surface area (Å²) in [6.07, 6.45) is 2.30. The van der Waals surface area contributed by atoms with Crippen LogP contribution in [0.1, 0.15) is 33.1 Å². The van der Waals surface area contributed by atoms with Gasteiger partial charge in [0.15, 0.2) is 5.76 Å². The molecule has 6 nitrogen and oxygen atoms in total. The van der Waals surface area contributed by atoms with E-state index in [-0.39, 0.29) is 11.9 Å². The third-order valence-corrected chi connectivity index (χ3v) is 3.16. The first-order valence-electron chi connectivity index (χ1n) is 6.72. The van der Waals surface area contributed by atoms with Crippen molar-refractivity contribution in [3.63, 3.8) is 0 Å². The van der Waals surface area contributed by atoms with E-state index in [0.29, 0.717) is 36.2 Å². The normalized spacial score (nSPS) is 12.6. The van der Waals surface area contributed by atoms with Crippen molar-refractivity contribution < 1.29 is 13.7 Å². The molecule has 0 bridgehead atoms. The number of hydrogen-bond donors (Lipinski definition) is 1. The summed E-state index contributed by atoms with van der Waals surface area (Å²) < 4.78 is 10.3. The van der Waals surface area contributed by atoms with Crippen LogP contribution in [0.3, 0.4) is 0 Å². The molecule has 0 saturated heterocycles. The Morgan fingerprint density at radius 1 is 1.40 bits per heavy atom. The molecule has 2 aromatic heterocycles. The lowest BCUT2D eigenvalue weighted by Gasteiger charge is -2.16. The first-order chi connectivity index (χ1) is 9.56. The molecule has 0 fully saturated rings. The van der Waals surface area contributed by atoms with Crippen molar-refractivity contribution in [2.24, 2.45) is 5.92 Å². The predicted molar refractivity (Wildman–Crippen MR) is 72.8 cm³/mol. The van der Waals surface area contributed by atoms with Crippen LogP contribution in [0, 0.1) is 5.92 Å². The molecule has 108 valence electrons. The minimum atomic E-state index is -0.0102. The molecule has 0 spiro atoms. The number of rotatable bonds is 6. The SMILES string of the molecule is CC(C)C(C)NC(=O)CCc1nc(-c2ccco2)no1. The predicted octanol–water partition coefficient (Wildman–Crippen LogP) is 2.42. The maximum atomic E-state index is 11.7. The van der Waals surface area contributed by atoms with Crippen LogP contribution in [0.2, 0.25) is 0 Å². The second kappa shape index (κ2) is 6.36. The molecule has 1 atom stereocenters. The number of aromatic nitrogens is 2. The lowest BCUT2D eigenvalue weighted by molar-refractivity contribution is -0.122. The lowest BCUT2D eigenvalue weighted by atomic mass is 10.1. The van der Waals surface area contributed by atoms with E-state index in [2.05, 4.69) is 29.3 Å². The fraction of sp³-hybridized carbons (Fsp3) is 0.500. The molecule has 2 rings (SSSR count). The summed E-state index contributed by atoms with van der Waals surface area (Å²) in [7, 11) is 0. The topological polar surface area (TPSA) is 81.2 Å². The number of aryl methyl sites for hydroxylation is 1. The number of nitrogens with one attached hydrogen (secondary N) is 1. The zero-order valence-electron chi connectivity index (χ0n) is 11.9. The summed E-state index contributed by atoms with van der Waals surface area (Å²) in [4.78, 5) is 15.9. The molecule has 0 aliphatic carbocycles. The Hall–Kier alpha value is -2.11. The van der Waals surface area contributed by atoms with Gasteiger partial charge in [0.25, 0.3) is 0 Å². The molecule has 6 heteroatoms. The van der Waals surface area contributed by atoms with Crippen LogP contribution in [0.5, 0.6) is 0 Å². The third-order valence-electron chi connectivity index (χ3n) is 3.16. The van der Waals surface area contributed by atoms with E-state index in [1.807, 2.05) is 6.92 Å². The van der Waals surface area contributed by atoms with Crippen LogP contribution in [0.25, 0.3) is 11.6 Å². The molecule has 0 aliphatic rings. The van der Waals surface area contributed by atoms with Crippen LogP contribution < -0.4 is 5.32 Å². The Labute approximate surface area is 117 Å². The van der Waals surface area contributed by atoms with Gasteiger partial charge in [-0.3, -0.25) is 4.79 Å². The maximum Gasteiger partial charge on any atom is 0.238 e. The average Bonchev–Trinajstić information content (AvgIpc) is 3.07. The number of carbonyl (C=O) groups is 1. The summed E-state index contributed by atoms with van der Waals surface area (Å²) in [6, 6.07) is 3.67. The first-order valence-corrected chi connectivity index (χ1v) is 6.72. The van der Waals surface area contributed by atoms with Gasteiger partial charge in [0.2, 0.25) is 17.6 Å². The van der Waals surface area contributed by atoms with Gasteiger partial charge in [-0.05, 0) is 25.0 Å². The quantitative estimate of drug-likeness (QED) is 0.877. The molecule has 0 aliphatic heterocycles. The van der Waals surface area contributed by atoms with Crippen molar-refractivity contribution in [2.45, 2.75) is 39.7 Å². The van der Waals surface area contributed by atoms with E-state index in [1.54, 1.807) is 18.4 Å². The average molecular weight is 277 g/mol. The Kier molecular flexibility index (Phi) is 4.55. The monoisotopic (exact) mass is 277 g/mol. The fourth-order valence-electron chi connectivity index (χ4n) is 1.58. The van der Waals surface area contributed by atoms with Gasteiger partial charge < -0.3 is 14.3 Å². The van der Waals surface area contributed by atoms with Gasteiger partial charge in [-0.2, -0.15) is 4.98 Å². The summed E-state index contributed by atoms with van der Waals surface area (Å²) in [6.45, 7) is 6.13. The van der Waals surface area contributed by atoms with Crippen molar-refractivity contribution in [2.75, 3.05) is 0 Å². The largest absolute Gasteiger partial charge is 0.461 e. The highest BCUT2D eigenvalue weighted by atomic mass is 16.5. The van der Waals surface area contributed by atoms with Gasteiger partial charge in [0.05, 0.1) is 6.26 Å². The smallest absolute Gasteiger partial charge is 0.238 e. The van der Waals surface area contributed by atoms with Gasteiger partial charge in [-0.25, -0.2) is 0 Å². The van der Waals surface area contributed by atoms with Crippen LogP contribution >= 0.6 is 0 Å². The Morgan fingerprint density at radius 2 is 2.20 bits per heavy atom. The number of amides is 1. The molecular formula is C14H19N3O3. The summed E-state index contributed by atoms with van der Waals surface area (Å²) in [5, 5.41) is 6.75. The fourth-order valence-corrected chi connectivity index (χ4v) is 1.58. The molecule has 2 aromatic rings. The van der Waals surface area contributed by atoms with Crippen LogP contribution in [0.15, 0.2) is 27.3 Å². The van der Waals surface area contributed by atoms with Crippen LogP contribution in [-0.4, -0.2) is 22.1 Å². The zero-order chi connectivity index (χ0) is 14.5. The van der Waals surface area contributed by atoms with Gasteiger partial charge in [-0.1, -0.05) is 19.0 Å². The van der Waals surface area contributed by atoms with E-state index in [0.717, 1.165) is 0 Å². The number of nitrogens with zero attached hydrogens (tertiary/aromatic N) is 2. The number of hydrogen-bond acceptors (Lipinski definition) is 5. The second-order valence-electron chi connectivity index (χ2n) is 5.09. The third kappa shape index (κ3) is 3.69. The molecule has 20 heavy (non-hydrogen) atoms. The van der Waals surface area contributed by atoms with Crippen LogP contribution in [-0.2, 0) is 11.2 Å². The van der Waals surface area contributed by atoms with E-state index in [9.17, 15) is 4.79 Å². The number of furan rings is 1. The Balaban J connectivity index is 1.84. The van der Waals surface area contributed by atoms with E-state index in [4.69, 9.17) is 8.94 Å². The second-order valence-corrected chi connectivity index (χ2v) is 5.09. The standard InChI is InChI=1S/C14H19N3O3/c1-9(2)10(3)15-12(18)6-7-13-16-14(17-20-13)11-5-4-8-19-11/h4-5,8-10H,6-7H2,1-3H3,(H,15,18). The van der Waals surface area contributed by atoms with Crippen molar-refractivity contribution in [3.05, 3.63) is 24.3 Å². The van der Waals surface area contributed by atoms with Gasteiger partial charge in [-0.15, -0.1) is 0 Å². The lowest BCUT2D eigenvalue weighted by Crippen LogP contribution is -2.36. The Bertz CT molecular complexity index is 546. The molecule has 1 N–H and O–H groups in total. The minimum Gasteiger partial charge on any atom is -0.461 e. The molecular weight excluding hydrogens is 258 g/mol. The van der Waals surface area contributed by atoms with Crippen LogP contribution in [0.4, 0.5) is 0 Å². The highest BCUT2D eigenvalue weighted by Crippen LogP contribution is 2.16. The summed E-state index contributed by atoms with van der Waals surface area (Å²) in [5.41, 5.74) is 0. The highest BCUT2D eigenvalue weighted by molar-refractivity contribution is 5.76. The molecule has 0 radical (unpaired) electrons. The zero-order valence-corrected chi connectivity index (χ0v) is 11.9. The van der Waals surface area contributed by atoms with E-state index in [1.165, 1.54) is 0 Å². The molecule has 0 saturated carbocycles. The summed E-state index contributed by atoms with van der Waals surface area (Å²) in [5.74, 6) is 1.79. The molecule has 1 unspecified atom stereocenters. The van der Waals surface area contributed by atoms with E-state index >= 15 is 0 Å². The van der Waals surface area contributed by atoms with Gasteiger partial charge in [0, 0.05) is 18.9 Å². The summed E-state index contributed by atoms with van der Waals surface area (Å²) >= 11 is 0. The van der Waals surface area contributed by atoms with Gasteiger partial charge >= 0.3 is 0 Å². The van der Waals surface area contributed by atoms with Crippen molar-refractivity contribution in [1.29, 1.82) is 0 Å². The first kappa shape index (κ1) is 14.3. The van der Waals surface area contributed by atoms with E-state index < -0.39 is 0 Å². The van der Waals surface area contributed by atoms with Gasteiger partial charge in [0.1, 0.15) is 0 Å². The highest BCUT2D eigenvalue weighted by Gasteiger charge is 2.14. The molecule has 0 aromatic carbocycles. The maximum absolute atomic E-state index is 11.7. The van der Waals surface area contributed by atoms with Crippen molar-refractivity contribution in [1.82, 2.24) is 15.5 Å². The minimum absolute atomic E-state index is 0.0102. The van der Waals surface area contributed by atoms with Crippen molar-refractivity contribution in [3.8, 4) is 11.6 Å². The Morgan fingerprint density at radius 3 is 2.85 bits per heavy atom. The molecule has 1 amide bonds.